The van der Waals surface area contributed by atoms with Gasteiger partial charge in [-0.25, -0.2) is 4.79 Å². The maximum atomic E-state index is 11.5. The van der Waals surface area contributed by atoms with Gasteiger partial charge < -0.3 is 16.2 Å². The van der Waals surface area contributed by atoms with Crippen LogP contribution in [-0.2, 0) is 9.59 Å². The van der Waals surface area contributed by atoms with Gasteiger partial charge in [0.15, 0.2) is 0 Å². The van der Waals surface area contributed by atoms with Crippen LogP contribution in [0.1, 0.15) is 39.0 Å². The molecule has 5 nitrogen and oxygen atoms in total. The van der Waals surface area contributed by atoms with Gasteiger partial charge in [0.25, 0.3) is 0 Å². The van der Waals surface area contributed by atoms with Gasteiger partial charge in [0.2, 0.25) is 5.91 Å². The number of carbonyl (C=O) groups excluding carboxylic acids is 1. The predicted octanol–water partition coefficient (Wildman–Crippen LogP) is 0.485. The topological polar surface area (TPSA) is 92.4 Å². The summed E-state index contributed by atoms with van der Waals surface area (Å²) in [5.74, 6) is -0.855. The van der Waals surface area contributed by atoms with E-state index in [0.29, 0.717) is 18.8 Å². The first kappa shape index (κ1) is 13.0. The average Bonchev–Trinajstić information content (AvgIpc) is 2.17. The van der Waals surface area contributed by atoms with Crippen molar-refractivity contribution >= 4 is 11.9 Å². The van der Waals surface area contributed by atoms with Crippen molar-refractivity contribution in [1.82, 2.24) is 5.32 Å². The van der Waals surface area contributed by atoms with Crippen molar-refractivity contribution in [2.45, 2.75) is 44.6 Å². The summed E-state index contributed by atoms with van der Waals surface area (Å²) in [5, 5.41) is 11.9. The summed E-state index contributed by atoms with van der Waals surface area (Å²) >= 11 is 0. The van der Waals surface area contributed by atoms with Crippen LogP contribution in [0, 0.1) is 5.92 Å². The van der Waals surface area contributed by atoms with Gasteiger partial charge in [0, 0.05) is 13.0 Å². The van der Waals surface area contributed by atoms with Crippen LogP contribution in [-0.4, -0.2) is 29.1 Å². The number of nitrogens with two attached hydrogens (primary N) is 1. The second-order valence-corrected chi connectivity index (χ2v) is 4.68. The number of nitrogens with one attached hydrogen (secondary N) is 1. The first-order valence-electron chi connectivity index (χ1n) is 5.74. The number of aliphatic carboxylic acids is 1. The zero-order chi connectivity index (χ0) is 12.2. The third-order valence-electron chi connectivity index (χ3n) is 3.16. The van der Waals surface area contributed by atoms with E-state index in [1.165, 1.54) is 0 Å². The molecule has 0 aromatic rings. The average molecular weight is 228 g/mol. The number of rotatable bonds is 4. The highest BCUT2D eigenvalue weighted by molar-refractivity contribution is 5.87. The van der Waals surface area contributed by atoms with Crippen LogP contribution in [0.5, 0.6) is 0 Å². The Morgan fingerprint density at radius 1 is 1.56 bits per heavy atom. The summed E-state index contributed by atoms with van der Waals surface area (Å²) in [6.07, 6.45) is 3.09. The Bertz CT molecular complexity index is 280. The summed E-state index contributed by atoms with van der Waals surface area (Å²) in [7, 11) is 0. The highest BCUT2D eigenvalue weighted by Gasteiger charge is 2.42. The molecule has 0 aromatic heterocycles. The SMILES string of the molecule is CC1CCCC(NC(=O)CCN)(C(=O)O)C1. The Morgan fingerprint density at radius 2 is 2.25 bits per heavy atom. The Balaban J connectivity index is 2.72. The highest BCUT2D eigenvalue weighted by atomic mass is 16.4. The third-order valence-corrected chi connectivity index (χ3v) is 3.16. The second kappa shape index (κ2) is 5.30. The van der Waals surface area contributed by atoms with Crippen molar-refractivity contribution in [2.75, 3.05) is 6.54 Å². The fourth-order valence-corrected chi connectivity index (χ4v) is 2.37. The number of carboxylic acids is 1. The van der Waals surface area contributed by atoms with Gasteiger partial charge in [-0.05, 0) is 18.8 Å². The molecule has 1 saturated carbocycles. The van der Waals surface area contributed by atoms with Crippen molar-refractivity contribution < 1.29 is 14.7 Å². The molecule has 5 heteroatoms. The van der Waals surface area contributed by atoms with Crippen molar-refractivity contribution in [3.8, 4) is 0 Å². The van der Waals surface area contributed by atoms with Crippen molar-refractivity contribution in [2.24, 2.45) is 11.7 Å². The van der Waals surface area contributed by atoms with Crippen LogP contribution < -0.4 is 11.1 Å². The van der Waals surface area contributed by atoms with E-state index in [9.17, 15) is 14.7 Å². The number of hydrogen-bond acceptors (Lipinski definition) is 3. The Kier molecular flexibility index (Phi) is 4.29. The molecule has 1 rings (SSSR count). The van der Waals surface area contributed by atoms with Crippen molar-refractivity contribution in [1.29, 1.82) is 0 Å². The van der Waals surface area contributed by atoms with E-state index in [1.54, 1.807) is 0 Å². The number of amides is 1. The molecule has 1 aliphatic rings. The summed E-state index contributed by atoms with van der Waals surface area (Å²) in [4.78, 5) is 22.8. The number of hydrogen-bond donors (Lipinski definition) is 3. The fourth-order valence-electron chi connectivity index (χ4n) is 2.37. The number of carboxylic acid groups (broad SMARTS) is 1. The zero-order valence-electron chi connectivity index (χ0n) is 9.66. The summed E-state index contributed by atoms with van der Waals surface area (Å²) in [6, 6.07) is 0. The molecule has 1 amide bonds. The summed E-state index contributed by atoms with van der Waals surface area (Å²) < 4.78 is 0. The Hall–Kier alpha value is -1.10. The lowest BCUT2D eigenvalue weighted by atomic mass is 9.76. The Morgan fingerprint density at radius 3 is 2.75 bits per heavy atom. The van der Waals surface area contributed by atoms with Crippen molar-refractivity contribution in [3.63, 3.8) is 0 Å². The van der Waals surface area contributed by atoms with Crippen LogP contribution in [0.3, 0.4) is 0 Å². The van der Waals surface area contributed by atoms with Crippen LogP contribution in [0.15, 0.2) is 0 Å². The molecule has 2 atom stereocenters. The maximum Gasteiger partial charge on any atom is 0.329 e. The lowest BCUT2D eigenvalue weighted by molar-refractivity contribution is -0.150. The lowest BCUT2D eigenvalue weighted by Crippen LogP contribution is -2.57. The molecule has 0 radical (unpaired) electrons. The van der Waals surface area contributed by atoms with Gasteiger partial charge >= 0.3 is 5.97 Å². The van der Waals surface area contributed by atoms with Crippen LogP contribution >= 0.6 is 0 Å². The van der Waals surface area contributed by atoms with Gasteiger partial charge in [-0.15, -0.1) is 0 Å². The quantitative estimate of drug-likeness (QED) is 0.652. The molecule has 0 aliphatic heterocycles. The van der Waals surface area contributed by atoms with Gasteiger partial charge in [0.05, 0.1) is 0 Å². The van der Waals surface area contributed by atoms with E-state index < -0.39 is 11.5 Å². The van der Waals surface area contributed by atoms with Crippen LogP contribution in [0.4, 0.5) is 0 Å². The van der Waals surface area contributed by atoms with Gasteiger partial charge in [-0.2, -0.15) is 0 Å². The smallest absolute Gasteiger partial charge is 0.329 e. The zero-order valence-corrected chi connectivity index (χ0v) is 9.66. The largest absolute Gasteiger partial charge is 0.480 e. The minimum absolute atomic E-state index is 0.184. The molecular formula is C11H20N2O3. The fraction of sp³-hybridized carbons (Fsp3) is 0.818. The summed E-state index contributed by atoms with van der Waals surface area (Å²) in [6.45, 7) is 2.27. The molecule has 0 saturated heterocycles. The van der Waals surface area contributed by atoms with Crippen LogP contribution in [0.2, 0.25) is 0 Å². The molecular weight excluding hydrogens is 208 g/mol. The molecule has 4 N–H and O–H groups in total. The minimum Gasteiger partial charge on any atom is -0.480 e. The minimum atomic E-state index is -1.07. The number of carbonyl (C=O) groups is 2. The first-order valence-corrected chi connectivity index (χ1v) is 5.74. The predicted molar refractivity (Wildman–Crippen MR) is 59.8 cm³/mol. The maximum absolute atomic E-state index is 11.5. The molecule has 0 bridgehead atoms. The van der Waals surface area contributed by atoms with E-state index >= 15 is 0 Å². The summed E-state index contributed by atoms with van der Waals surface area (Å²) in [5.41, 5.74) is 4.21. The van der Waals surface area contributed by atoms with Gasteiger partial charge in [0.1, 0.15) is 5.54 Å². The van der Waals surface area contributed by atoms with E-state index in [0.717, 1.165) is 12.8 Å². The van der Waals surface area contributed by atoms with E-state index in [2.05, 4.69) is 5.32 Å². The van der Waals surface area contributed by atoms with E-state index in [1.807, 2.05) is 6.92 Å². The molecule has 2 unspecified atom stereocenters. The van der Waals surface area contributed by atoms with Crippen molar-refractivity contribution in [3.05, 3.63) is 0 Å². The third kappa shape index (κ3) is 2.95. The van der Waals surface area contributed by atoms with Gasteiger partial charge in [-0.1, -0.05) is 19.8 Å². The molecule has 1 fully saturated rings. The molecule has 0 aromatic carbocycles. The second-order valence-electron chi connectivity index (χ2n) is 4.68. The Labute approximate surface area is 95.4 Å². The molecule has 92 valence electrons. The lowest BCUT2D eigenvalue weighted by Gasteiger charge is -2.37. The van der Waals surface area contributed by atoms with E-state index in [4.69, 9.17) is 5.73 Å². The van der Waals surface area contributed by atoms with Gasteiger partial charge in [-0.3, -0.25) is 4.79 Å². The molecule has 0 heterocycles. The molecule has 16 heavy (non-hydrogen) atoms. The normalized spacial score (nSPS) is 29.8. The first-order chi connectivity index (χ1) is 7.50. The van der Waals surface area contributed by atoms with E-state index in [-0.39, 0.29) is 18.9 Å². The standard InChI is InChI=1S/C11H20N2O3/c1-8-3-2-5-11(7-8,10(15)16)13-9(14)4-6-12/h8H,2-7,12H2,1H3,(H,13,14)(H,15,16). The monoisotopic (exact) mass is 228 g/mol. The molecule has 0 spiro atoms. The molecule has 1 aliphatic carbocycles. The highest BCUT2D eigenvalue weighted by Crippen LogP contribution is 2.32. The van der Waals surface area contributed by atoms with Crippen LogP contribution in [0.25, 0.3) is 0 Å².